The Balaban J connectivity index is 1.61. The first-order valence-corrected chi connectivity index (χ1v) is 11.0. The van der Waals surface area contributed by atoms with Crippen molar-refractivity contribution in [2.75, 3.05) is 36.5 Å². The number of carbonyl (C=O) groups is 1. The van der Waals surface area contributed by atoms with Crippen molar-refractivity contribution in [3.8, 4) is 17.3 Å². The van der Waals surface area contributed by atoms with Gasteiger partial charge in [0.15, 0.2) is 0 Å². The number of carbonyl (C=O) groups excluding carboxylic acids is 1. The lowest BCUT2D eigenvalue weighted by atomic mass is 9.86. The van der Waals surface area contributed by atoms with Crippen LogP contribution in [0.5, 0.6) is 0 Å². The zero-order chi connectivity index (χ0) is 24.3. The summed E-state index contributed by atoms with van der Waals surface area (Å²) >= 11 is 0. The highest BCUT2D eigenvalue weighted by Crippen LogP contribution is 2.27. The molecule has 0 saturated carbocycles. The molecule has 1 aliphatic rings. The molecule has 1 amide bonds. The monoisotopic (exact) mass is 458 g/mol. The SMILES string of the molecule is Cc1ccc(NC(=O)c2cc(C(C)(C)C#N)ccn2)cc1-c1cc(N2CCOCC2)c(=O)[nH]n1. The Morgan fingerprint density at radius 3 is 2.71 bits per heavy atom. The van der Waals surface area contributed by atoms with Gasteiger partial charge >= 0.3 is 0 Å². The van der Waals surface area contributed by atoms with Gasteiger partial charge in [-0.1, -0.05) is 6.07 Å². The molecule has 0 aliphatic carbocycles. The first-order chi connectivity index (χ1) is 16.3. The number of ether oxygens (including phenoxy) is 1. The number of hydrogen-bond donors (Lipinski definition) is 2. The molecule has 0 atom stereocenters. The number of aromatic amines is 1. The summed E-state index contributed by atoms with van der Waals surface area (Å²) in [6, 6.07) is 12.9. The molecule has 0 unspecified atom stereocenters. The van der Waals surface area contributed by atoms with Gasteiger partial charge in [-0.25, -0.2) is 5.10 Å². The van der Waals surface area contributed by atoms with Crippen molar-refractivity contribution >= 4 is 17.3 Å². The number of morpholine rings is 1. The zero-order valence-corrected chi connectivity index (χ0v) is 19.4. The van der Waals surface area contributed by atoms with E-state index in [-0.39, 0.29) is 17.2 Å². The third-order valence-electron chi connectivity index (χ3n) is 5.90. The molecule has 174 valence electrons. The van der Waals surface area contributed by atoms with Crippen LogP contribution in [0.4, 0.5) is 11.4 Å². The molecule has 1 aromatic carbocycles. The number of hydrogen-bond acceptors (Lipinski definition) is 7. The molecule has 9 heteroatoms. The van der Waals surface area contributed by atoms with Crippen molar-refractivity contribution in [2.45, 2.75) is 26.2 Å². The standard InChI is InChI=1S/C25H26N6O3/c1-16-4-5-18(28-23(32)21-12-17(6-7-27-21)25(2,3)15-26)13-19(16)20-14-22(24(33)30-29-20)31-8-10-34-11-9-31/h4-7,12-14H,8-11H2,1-3H3,(H,28,32)(H,30,33). The minimum atomic E-state index is -0.733. The van der Waals surface area contributed by atoms with Gasteiger partial charge in [-0.3, -0.25) is 14.6 Å². The molecular weight excluding hydrogens is 432 g/mol. The number of pyridine rings is 1. The molecule has 0 bridgehead atoms. The van der Waals surface area contributed by atoms with Crippen molar-refractivity contribution in [3.63, 3.8) is 0 Å². The Bertz CT molecular complexity index is 1320. The number of aromatic nitrogens is 3. The largest absolute Gasteiger partial charge is 0.378 e. The Labute approximate surface area is 197 Å². The fourth-order valence-corrected chi connectivity index (χ4v) is 3.75. The van der Waals surface area contributed by atoms with E-state index in [1.165, 1.54) is 6.20 Å². The van der Waals surface area contributed by atoms with Crippen LogP contribution >= 0.6 is 0 Å². The number of amides is 1. The van der Waals surface area contributed by atoms with Crippen LogP contribution in [0.1, 0.15) is 35.5 Å². The molecule has 3 heterocycles. The second-order valence-electron chi connectivity index (χ2n) is 8.72. The number of nitrogens with one attached hydrogen (secondary N) is 2. The second-order valence-corrected chi connectivity index (χ2v) is 8.72. The second kappa shape index (κ2) is 9.45. The zero-order valence-electron chi connectivity index (χ0n) is 19.4. The van der Waals surface area contributed by atoms with Crippen LogP contribution in [0.25, 0.3) is 11.3 Å². The number of anilines is 2. The summed E-state index contributed by atoms with van der Waals surface area (Å²) in [4.78, 5) is 31.4. The normalized spacial score (nSPS) is 13.9. The lowest BCUT2D eigenvalue weighted by molar-refractivity contribution is 0.102. The Hall–Kier alpha value is -4.03. The molecule has 34 heavy (non-hydrogen) atoms. The highest BCUT2D eigenvalue weighted by molar-refractivity contribution is 6.03. The molecule has 0 spiro atoms. The number of H-pyrrole nitrogens is 1. The van der Waals surface area contributed by atoms with E-state index < -0.39 is 5.41 Å². The van der Waals surface area contributed by atoms with Gasteiger partial charge in [0.05, 0.1) is 30.4 Å². The number of nitrogens with zero attached hydrogens (tertiary/aromatic N) is 4. The molecule has 1 saturated heterocycles. The number of rotatable bonds is 5. The summed E-state index contributed by atoms with van der Waals surface area (Å²) in [5.74, 6) is -0.381. The van der Waals surface area contributed by atoms with Gasteiger partial charge < -0.3 is 15.0 Å². The molecule has 1 fully saturated rings. The Kier molecular flexibility index (Phi) is 6.43. The van der Waals surface area contributed by atoms with Gasteiger partial charge in [0.2, 0.25) is 0 Å². The Morgan fingerprint density at radius 2 is 1.97 bits per heavy atom. The van der Waals surface area contributed by atoms with Crippen LogP contribution in [-0.2, 0) is 10.2 Å². The summed E-state index contributed by atoms with van der Waals surface area (Å²) in [7, 11) is 0. The number of aryl methyl sites for hydroxylation is 1. The van der Waals surface area contributed by atoms with Gasteiger partial charge in [0.1, 0.15) is 11.4 Å². The van der Waals surface area contributed by atoms with Crippen LogP contribution in [0, 0.1) is 18.3 Å². The van der Waals surface area contributed by atoms with E-state index in [2.05, 4.69) is 26.6 Å². The van der Waals surface area contributed by atoms with Crippen LogP contribution in [-0.4, -0.2) is 47.4 Å². The predicted octanol–water partition coefficient (Wildman–Crippen LogP) is 3.03. The van der Waals surface area contributed by atoms with Crippen molar-refractivity contribution in [1.29, 1.82) is 5.26 Å². The van der Waals surface area contributed by atoms with E-state index in [4.69, 9.17) is 4.74 Å². The molecule has 9 nitrogen and oxygen atoms in total. The van der Waals surface area contributed by atoms with Crippen LogP contribution in [0.2, 0.25) is 0 Å². The van der Waals surface area contributed by atoms with E-state index in [9.17, 15) is 14.9 Å². The van der Waals surface area contributed by atoms with E-state index >= 15 is 0 Å². The Morgan fingerprint density at radius 1 is 1.21 bits per heavy atom. The van der Waals surface area contributed by atoms with Crippen molar-refractivity contribution in [2.24, 2.45) is 0 Å². The van der Waals surface area contributed by atoms with Gasteiger partial charge in [-0.2, -0.15) is 10.4 Å². The fourth-order valence-electron chi connectivity index (χ4n) is 3.75. The highest BCUT2D eigenvalue weighted by Gasteiger charge is 2.22. The summed E-state index contributed by atoms with van der Waals surface area (Å²) in [5, 5.41) is 19.1. The van der Waals surface area contributed by atoms with Crippen LogP contribution in [0.15, 0.2) is 47.4 Å². The minimum Gasteiger partial charge on any atom is -0.378 e. The molecule has 3 aromatic rings. The maximum atomic E-state index is 12.9. The summed E-state index contributed by atoms with van der Waals surface area (Å²) in [6.07, 6.45) is 1.53. The van der Waals surface area contributed by atoms with Crippen molar-refractivity contribution in [3.05, 3.63) is 69.8 Å². The molecule has 2 aromatic heterocycles. The smallest absolute Gasteiger partial charge is 0.287 e. The van der Waals surface area contributed by atoms with Crippen molar-refractivity contribution < 1.29 is 9.53 Å². The number of nitriles is 1. The third kappa shape index (κ3) is 4.82. The van der Waals surface area contributed by atoms with E-state index in [0.717, 1.165) is 11.1 Å². The molecule has 2 N–H and O–H groups in total. The third-order valence-corrected chi connectivity index (χ3v) is 5.90. The van der Waals surface area contributed by atoms with Crippen LogP contribution in [0.3, 0.4) is 0 Å². The fraction of sp³-hybridized carbons (Fsp3) is 0.320. The molecule has 4 rings (SSSR count). The first-order valence-electron chi connectivity index (χ1n) is 11.0. The maximum Gasteiger partial charge on any atom is 0.287 e. The number of benzene rings is 1. The molecule has 0 radical (unpaired) electrons. The van der Waals surface area contributed by atoms with Crippen molar-refractivity contribution in [1.82, 2.24) is 15.2 Å². The van der Waals surface area contributed by atoms with Gasteiger partial charge in [-0.05, 0) is 62.2 Å². The van der Waals surface area contributed by atoms with Crippen LogP contribution < -0.4 is 15.8 Å². The predicted molar refractivity (Wildman–Crippen MR) is 129 cm³/mol. The average Bonchev–Trinajstić information content (AvgIpc) is 2.86. The lowest BCUT2D eigenvalue weighted by Gasteiger charge is -2.28. The lowest BCUT2D eigenvalue weighted by Crippen LogP contribution is -2.39. The van der Waals surface area contributed by atoms with E-state index in [1.807, 2.05) is 24.0 Å². The first kappa shape index (κ1) is 23.1. The quantitative estimate of drug-likeness (QED) is 0.602. The summed E-state index contributed by atoms with van der Waals surface area (Å²) in [6.45, 7) is 7.93. The molecular formula is C25H26N6O3. The van der Waals surface area contributed by atoms with E-state index in [0.29, 0.717) is 48.9 Å². The highest BCUT2D eigenvalue weighted by atomic mass is 16.5. The van der Waals surface area contributed by atoms with Gasteiger partial charge in [-0.15, -0.1) is 0 Å². The van der Waals surface area contributed by atoms with E-state index in [1.54, 1.807) is 38.1 Å². The van der Waals surface area contributed by atoms with Gasteiger partial charge in [0, 0.05) is 30.5 Å². The minimum absolute atomic E-state index is 0.222. The molecule has 1 aliphatic heterocycles. The summed E-state index contributed by atoms with van der Waals surface area (Å²) in [5.41, 5.74) is 3.40. The van der Waals surface area contributed by atoms with Gasteiger partial charge in [0.25, 0.3) is 11.5 Å². The topological polar surface area (TPSA) is 124 Å². The maximum absolute atomic E-state index is 12.9. The summed E-state index contributed by atoms with van der Waals surface area (Å²) < 4.78 is 5.39. The average molecular weight is 459 g/mol.